The second-order valence-corrected chi connectivity index (χ2v) is 4.71. The summed E-state index contributed by atoms with van der Waals surface area (Å²) in [6, 6.07) is 1.65. The lowest BCUT2D eigenvalue weighted by molar-refractivity contribution is -0.137. The monoisotopic (exact) mass is 313 g/mol. The topological polar surface area (TPSA) is 35.2 Å². The Morgan fingerprint density at radius 1 is 1.20 bits per heavy atom. The van der Waals surface area contributed by atoms with E-state index in [1.54, 1.807) is 0 Å². The van der Waals surface area contributed by atoms with Crippen LogP contribution >= 0.6 is 12.4 Å². The van der Waals surface area contributed by atoms with Crippen molar-refractivity contribution in [2.45, 2.75) is 25.1 Å². The predicted molar refractivity (Wildman–Crippen MR) is 69.1 cm³/mol. The summed E-state index contributed by atoms with van der Waals surface area (Å²) >= 11 is 0. The van der Waals surface area contributed by atoms with Crippen LogP contribution in [0.5, 0.6) is 0 Å². The molecule has 0 aromatic heterocycles. The van der Waals surface area contributed by atoms with Gasteiger partial charge in [-0.1, -0.05) is 0 Å². The van der Waals surface area contributed by atoms with Crippen molar-refractivity contribution in [2.24, 2.45) is 11.7 Å². The molecular weight excluding hydrogens is 298 g/mol. The highest BCUT2D eigenvalue weighted by molar-refractivity contribution is 5.85. The molecule has 0 spiro atoms. The highest BCUT2D eigenvalue weighted by atomic mass is 35.5. The summed E-state index contributed by atoms with van der Waals surface area (Å²) in [5.41, 5.74) is 4.98. The number of ether oxygens (including phenoxy) is 1. The first kappa shape index (κ1) is 17.2. The van der Waals surface area contributed by atoms with E-state index in [0.717, 1.165) is 18.2 Å². The zero-order chi connectivity index (χ0) is 14.0. The molecule has 7 heteroatoms. The van der Waals surface area contributed by atoms with Crippen molar-refractivity contribution in [3.8, 4) is 0 Å². The van der Waals surface area contributed by atoms with Crippen LogP contribution in [0.15, 0.2) is 18.2 Å². The average molecular weight is 314 g/mol. The van der Waals surface area contributed by atoms with Gasteiger partial charge in [0.1, 0.15) is 5.82 Å². The molecule has 0 aliphatic carbocycles. The predicted octanol–water partition coefficient (Wildman–Crippen LogP) is 3.69. The molecule has 1 aromatic rings. The van der Waals surface area contributed by atoms with Crippen LogP contribution in [0, 0.1) is 11.7 Å². The third-order valence-corrected chi connectivity index (χ3v) is 3.46. The fourth-order valence-electron chi connectivity index (χ4n) is 2.30. The van der Waals surface area contributed by atoms with Crippen LogP contribution in [0.2, 0.25) is 0 Å². The summed E-state index contributed by atoms with van der Waals surface area (Å²) < 4.78 is 56.7. The molecule has 114 valence electrons. The minimum Gasteiger partial charge on any atom is -0.381 e. The van der Waals surface area contributed by atoms with Gasteiger partial charge in [-0.3, -0.25) is 0 Å². The van der Waals surface area contributed by atoms with Gasteiger partial charge in [0, 0.05) is 24.8 Å². The van der Waals surface area contributed by atoms with E-state index in [2.05, 4.69) is 0 Å². The number of hydrogen-bond donors (Lipinski definition) is 1. The molecule has 1 aromatic carbocycles. The maximum atomic E-state index is 13.7. The van der Waals surface area contributed by atoms with Crippen molar-refractivity contribution in [1.29, 1.82) is 0 Å². The van der Waals surface area contributed by atoms with Crippen LogP contribution < -0.4 is 5.73 Å². The van der Waals surface area contributed by atoms with Gasteiger partial charge in [0.15, 0.2) is 0 Å². The van der Waals surface area contributed by atoms with Crippen LogP contribution in [0.1, 0.15) is 30.0 Å². The number of benzene rings is 1. The Labute approximate surface area is 120 Å². The molecule has 1 aliphatic rings. The van der Waals surface area contributed by atoms with Crippen LogP contribution in [0.3, 0.4) is 0 Å². The third-order valence-electron chi connectivity index (χ3n) is 3.46. The lowest BCUT2D eigenvalue weighted by Crippen LogP contribution is -2.28. The Morgan fingerprint density at radius 2 is 1.80 bits per heavy atom. The fourth-order valence-corrected chi connectivity index (χ4v) is 2.30. The number of halogens is 5. The highest BCUT2D eigenvalue weighted by Gasteiger charge is 2.33. The van der Waals surface area contributed by atoms with Crippen LogP contribution in [0.25, 0.3) is 0 Å². The fraction of sp³-hybridized carbons (Fsp3) is 0.538. The van der Waals surface area contributed by atoms with E-state index in [9.17, 15) is 17.6 Å². The largest absolute Gasteiger partial charge is 0.416 e. The molecule has 2 N–H and O–H groups in total. The van der Waals surface area contributed by atoms with E-state index in [0.29, 0.717) is 26.1 Å². The Hall–Kier alpha value is -0.850. The first-order valence-corrected chi connectivity index (χ1v) is 6.09. The van der Waals surface area contributed by atoms with Crippen molar-refractivity contribution < 1.29 is 22.3 Å². The number of nitrogens with two attached hydrogens (primary N) is 1. The number of hydrogen-bond acceptors (Lipinski definition) is 2. The van der Waals surface area contributed by atoms with E-state index in [1.165, 1.54) is 0 Å². The van der Waals surface area contributed by atoms with Crippen molar-refractivity contribution in [3.63, 3.8) is 0 Å². The smallest absolute Gasteiger partial charge is 0.381 e. The first-order chi connectivity index (χ1) is 8.89. The zero-order valence-electron chi connectivity index (χ0n) is 10.6. The standard InChI is InChI=1S/C13H15F4NO.ClH/c14-11-2-1-9(13(15,16)17)7-10(11)12(18)8-3-5-19-6-4-8;/h1-2,7-8,12H,3-6,18H2;1H/t12-;/m0./s1. The molecule has 0 saturated carbocycles. The van der Waals surface area contributed by atoms with Crippen LogP contribution in [-0.4, -0.2) is 13.2 Å². The summed E-state index contributed by atoms with van der Waals surface area (Å²) in [5.74, 6) is -0.737. The molecule has 1 fully saturated rings. The molecule has 0 unspecified atom stereocenters. The quantitative estimate of drug-likeness (QED) is 0.845. The van der Waals surface area contributed by atoms with Gasteiger partial charge in [0.25, 0.3) is 0 Å². The zero-order valence-corrected chi connectivity index (χ0v) is 11.4. The van der Waals surface area contributed by atoms with Crippen molar-refractivity contribution in [3.05, 3.63) is 35.1 Å². The summed E-state index contributed by atoms with van der Waals surface area (Å²) in [7, 11) is 0. The molecule has 0 bridgehead atoms. The Bertz CT molecular complexity index is 446. The normalized spacial score (nSPS) is 18.4. The maximum absolute atomic E-state index is 13.7. The molecule has 20 heavy (non-hydrogen) atoms. The van der Waals surface area contributed by atoms with Gasteiger partial charge < -0.3 is 10.5 Å². The SMILES string of the molecule is Cl.N[C@H](c1cc(C(F)(F)F)ccc1F)C1CCOCC1. The molecule has 1 heterocycles. The van der Waals surface area contributed by atoms with E-state index in [1.807, 2.05) is 0 Å². The van der Waals surface area contributed by atoms with E-state index in [-0.39, 0.29) is 23.9 Å². The second-order valence-electron chi connectivity index (χ2n) is 4.71. The van der Waals surface area contributed by atoms with Crippen molar-refractivity contribution >= 4 is 12.4 Å². The van der Waals surface area contributed by atoms with Crippen molar-refractivity contribution in [1.82, 2.24) is 0 Å². The number of alkyl halides is 3. The summed E-state index contributed by atoms with van der Waals surface area (Å²) in [4.78, 5) is 0. The Balaban J connectivity index is 0.00000200. The molecule has 1 saturated heterocycles. The minimum absolute atomic E-state index is 0. The van der Waals surface area contributed by atoms with Gasteiger partial charge in [-0.2, -0.15) is 13.2 Å². The maximum Gasteiger partial charge on any atom is 0.416 e. The molecule has 0 radical (unpaired) electrons. The number of rotatable bonds is 2. The van der Waals surface area contributed by atoms with Gasteiger partial charge in [-0.05, 0) is 37.0 Å². The molecule has 2 rings (SSSR count). The molecule has 1 atom stereocenters. The summed E-state index contributed by atoms with van der Waals surface area (Å²) in [5, 5.41) is 0. The van der Waals surface area contributed by atoms with Crippen LogP contribution in [-0.2, 0) is 10.9 Å². The van der Waals surface area contributed by atoms with Gasteiger partial charge in [-0.25, -0.2) is 4.39 Å². The molecular formula is C13H16ClF4NO. The molecule has 0 amide bonds. The van der Waals surface area contributed by atoms with E-state index < -0.39 is 23.6 Å². The average Bonchev–Trinajstić information content (AvgIpc) is 2.38. The lowest BCUT2D eigenvalue weighted by atomic mass is 9.87. The van der Waals surface area contributed by atoms with E-state index >= 15 is 0 Å². The Kier molecular flexibility index (Phi) is 5.79. The molecule has 1 aliphatic heterocycles. The van der Waals surface area contributed by atoms with Crippen LogP contribution in [0.4, 0.5) is 17.6 Å². The minimum atomic E-state index is -4.49. The highest BCUT2D eigenvalue weighted by Crippen LogP contribution is 2.34. The summed E-state index contributed by atoms with van der Waals surface area (Å²) in [6.07, 6.45) is -3.22. The second kappa shape index (κ2) is 6.74. The van der Waals surface area contributed by atoms with Crippen molar-refractivity contribution in [2.75, 3.05) is 13.2 Å². The van der Waals surface area contributed by atoms with Gasteiger partial charge in [-0.15, -0.1) is 12.4 Å². The van der Waals surface area contributed by atoms with Gasteiger partial charge in [0.2, 0.25) is 0 Å². The summed E-state index contributed by atoms with van der Waals surface area (Å²) in [6.45, 7) is 1.03. The van der Waals surface area contributed by atoms with Gasteiger partial charge >= 0.3 is 6.18 Å². The molecule has 2 nitrogen and oxygen atoms in total. The van der Waals surface area contributed by atoms with E-state index in [4.69, 9.17) is 10.5 Å². The van der Waals surface area contributed by atoms with Gasteiger partial charge in [0.05, 0.1) is 5.56 Å². The first-order valence-electron chi connectivity index (χ1n) is 6.09. The third kappa shape index (κ3) is 3.84. The lowest BCUT2D eigenvalue weighted by Gasteiger charge is -2.28. The Morgan fingerprint density at radius 3 is 2.35 bits per heavy atom.